The molecule has 0 amide bonds. The molecule has 1 aliphatic rings. The van der Waals surface area contributed by atoms with E-state index in [-0.39, 0.29) is 0 Å². The number of hydrogen-bond acceptors (Lipinski definition) is 3. The maximum Gasteiger partial charge on any atom is 0.0413 e. The second-order valence-electron chi connectivity index (χ2n) is 6.58. The second kappa shape index (κ2) is 7.12. The van der Waals surface area contributed by atoms with Crippen molar-refractivity contribution < 1.29 is 0 Å². The molecule has 0 spiro atoms. The largest absolute Gasteiger partial charge is 0.368 e. The molecule has 1 heterocycles. The average Bonchev–Trinajstić information content (AvgIpc) is 2.42. The first kappa shape index (κ1) is 16.8. The minimum absolute atomic E-state index is 0.502. The molecule has 2 unspecified atom stereocenters. The van der Waals surface area contributed by atoms with Gasteiger partial charge in [-0.2, -0.15) is 0 Å². The van der Waals surface area contributed by atoms with Gasteiger partial charge in [0.15, 0.2) is 0 Å². The molecule has 0 radical (unpaired) electrons. The van der Waals surface area contributed by atoms with Crippen molar-refractivity contribution in [2.24, 2.45) is 0 Å². The Morgan fingerprint density at radius 1 is 1.24 bits per heavy atom. The van der Waals surface area contributed by atoms with E-state index in [1.54, 1.807) is 0 Å². The molecule has 1 aliphatic heterocycles. The van der Waals surface area contributed by atoms with Gasteiger partial charge in [-0.15, -0.1) is 0 Å². The quantitative estimate of drug-likeness (QED) is 0.893. The third-order valence-electron chi connectivity index (χ3n) is 4.44. The summed E-state index contributed by atoms with van der Waals surface area (Å²) in [6.45, 7) is 12.1. The molecule has 2 atom stereocenters. The van der Waals surface area contributed by atoms with Crippen LogP contribution in [0.4, 0.5) is 5.69 Å². The lowest BCUT2D eigenvalue weighted by molar-refractivity contribution is 0.170. The molecule has 3 nitrogen and oxygen atoms in total. The molecule has 118 valence electrons. The van der Waals surface area contributed by atoms with Crippen molar-refractivity contribution in [3.8, 4) is 0 Å². The van der Waals surface area contributed by atoms with Crippen LogP contribution in [-0.4, -0.2) is 43.2 Å². The van der Waals surface area contributed by atoms with Gasteiger partial charge in [-0.3, -0.25) is 4.90 Å². The highest BCUT2D eigenvalue weighted by molar-refractivity contribution is 9.10. The standard InChI is InChI=1S/C17H28BrN3/c1-12(2)19-9-15-8-16(18)6-7-17(15)21-10-13(3)20(5)14(4)11-21/h6-8,12-14,19H,9-11H2,1-5H3. The van der Waals surface area contributed by atoms with Crippen LogP contribution in [0.3, 0.4) is 0 Å². The van der Waals surface area contributed by atoms with Gasteiger partial charge in [0.25, 0.3) is 0 Å². The first-order chi connectivity index (χ1) is 9.88. The number of benzene rings is 1. The van der Waals surface area contributed by atoms with E-state index in [1.807, 2.05) is 0 Å². The molecule has 0 saturated carbocycles. The first-order valence-corrected chi connectivity index (χ1v) is 8.66. The van der Waals surface area contributed by atoms with E-state index in [0.717, 1.165) is 24.1 Å². The lowest BCUT2D eigenvalue weighted by atomic mass is 10.1. The minimum atomic E-state index is 0.502. The molecule has 1 aromatic rings. The van der Waals surface area contributed by atoms with Crippen molar-refractivity contribution in [1.29, 1.82) is 0 Å². The van der Waals surface area contributed by atoms with Crippen LogP contribution in [0.5, 0.6) is 0 Å². The molecular formula is C17H28BrN3. The van der Waals surface area contributed by atoms with E-state index in [9.17, 15) is 0 Å². The number of nitrogens with one attached hydrogen (secondary N) is 1. The van der Waals surface area contributed by atoms with Crippen molar-refractivity contribution in [2.45, 2.75) is 52.4 Å². The van der Waals surface area contributed by atoms with E-state index in [0.29, 0.717) is 18.1 Å². The van der Waals surface area contributed by atoms with Crippen LogP contribution in [0.25, 0.3) is 0 Å². The highest BCUT2D eigenvalue weighted by Crippen LogP contribution is 2.28. The van der Waals surface area contributed by atoms with Gasteiger partial charge in [0, 0.05) is 47.9 Å². The fraction of sp³-hybridized carbons (Fsp3) is 0.647. The smallest absolute Gasteiger partial charge is 0.0413 e. The van der Waals surface area contributed by atoms with Gasteiger partial charge in [-0.1, -0.05) is 29.8 Å². The predicted molar refractivity (Wildman–Crippen MR) is 95.0 cm³/mol. The Morgan fingerprint density at radius 2 is 1.86 bits per heavy atom. The van der Waals surface area contributed by atoms with Crippen LogP contribution < -0.4 is 10.2 Å². The Kier molecular flexibility index (Phi) is 5.69. The van der Waals surface area contributed by atoms with Crippen LogP contribution in [0.1, 0.15) is 33.3 Å². The monoisotopic (exact) mass is 353 g/mol. The Bertz CT molecular complexity index is 463. The molecule has 4 heteroatoms. The van der Waals surface area contributed by atoms with Crippen LogP contribution in [0.15, 0.2) is 22.7 Å². The summed E-state index contributed by atoms with van der Waals surface area (Å²) < 4.78 is 1.15. The zero-order valence-electron chi connectivity index (χ0n) is 13.9. The van der Waals surface area contributed by atoms with Crippen molar-refractivity contribution in [3.05, 3.63) is 28.2 Å². The van der Waals surface area contributed by atoms with E-state index in [4.69, 9.17) is 0 Å². The van der Waals surface area contributed by atoms with Gasteiger partial charge >= 0.3 is 0 Å². The number of hydrogen-bond donors (Lipinski definition) is 1. The molecule has 21 heavy (non-hydrogen) atoms. The van der Waals surface area contributed by atoms with Gasteiger partial charge in [0.2, 0.25) is 0 Å². The summed E-state index contributed by atoms with van der Waals surface area (Å²) in [6, 6.07) is 8.33. The van der Waals surface area contributed by atoms with E-state index in [1.165, 1.54) is 11.3 Å². The third kappa shape index (κ3) is 4.21. The lowest BCUT2D eigenvalue weighted by Crippen LogP contribution is -2.55. The summed E-state index contributed by atoms with van der Waals surface area (Å²) in [5.74, 6) is 0. The molecule has 0 aromatic heterocycles. The molecule has 2 rings (SSSR count). The highest BCUT2D eigenvalue weighted by atomic mass is 79.9. The van der Waals surface area contributed by atoms with Crippen molar-refractivity contribution in [3.63, 3.8) is 0 Å². The Balaban J connectivity index is 2.22. The van der Waals surface area contributed by atoms with Gasteiger partial charge < -0.3 is 10.2 Å². The summed E-state index contributed by atoms with van der Waals surface area (Å²) in [5.41, 5.74) is 2.75. The van der Waals surface area contributed by atoms with Crippen LogP contribution in [-0.2, 0) is 6.54 Å². The molecule has 0 aliphatic carbocycles. The fourth-order valence-corrected chi connectivity index (χ4v) is 3.33. The molecule has 0 bridgehead atoms. The fourth-order valence-electron chi connectivity index (χ4n) is 2.92. The van der Waals surface area contributed by atoms with Crippen LogP contribution >= 0.6 is 15.9 Å². The maximum atomic E-state index is 3.61. The number of piperazine rings is 1. The molecule has 1 fully saturated rings. The van der Waals surface area contributed by atoms with Crippen LogP contribution in [0, 0.1) is 0 Å². The third-order valence-corrected chi connectivity index (χ3v) is 4.94. The maximum absolute atomic E-state index is 3.61. The average molecular weight is 354 g/mol. The summed E-state index contributed by atoms with van der Waals surface area (Å²) >= 11 is 3.61. The van der Waals surface area contributed by atoms with E-state index >= 15 is 0 Å². The zero-order chi connectivity index (χ0) is 15.6. The summed E-state index contributed by atoms with van der Waals surface area (Å²) in [6.07, 6.45) is 0. The Hall–Kier alpha value is -0.580. The van der Waals surface area contributed by atoms with Crippen LogP contribution in [0.2, 0.25) is 0 Å². The first-order valence-electron chi connectivity index (χ1n) is 7.87. The SMILES string of the molecule is CC(C)NCc1cc(Br)ccc1N1CC(C)N(C)C(C)C1. The Labute approximate surface area is 137 Å². The van der Waals surface area contributed by atoms with Gasteiger partial charge in [0.1, 0.15) is 0 Å². The number of rotatable bonds is 4. The Morgan fingerprint density at radius 3 is 2.43 bits per heavy atom. The normalized spacial score (nSPS) is 23.9. The summed E-state index contributed by atoms with van der Waals surface area (Å²) in [5, 5.41) is 3.54. The predicted octanol–water partition coefficient (Wildman–Crippen LogP) is 3.48. The van der Waals surface area contributed by atoms with Gasteiger partial charge in [-0.05, 0) is 44.7 Å². The lowest BCUT2D eigenvalue weighted by Gasteiger charge is -2.44. The molecule has 1 aromatic carbocycles. The second-order valence-corrected chi connectivity index (χ2v) is 7.49. The molecular weight excluding hydrogens is 326 g/mol. The van der Waals surface area contributed by atoms with Gasteiger partial charge in [0.05, 0.1) is 0 Å². The summed E-state index contributed by atoms with van der Waals surface area (Å²) in [7, 11) is 2.23. The van der Waals surface area contributed by atoms with Crippen molar-refractivity contribution in [2.75, 3.05) is 25.0 Å². The highest BCUT2D eigenvalue weighted by Gasteiger charge is 2.27. The topological polar surface area (TPSA) is 18.5 Å². The minimum Gasteiger partial charge on any atom is -0.368 e. The number of nitrogens with zero attached hydrogens (tertiary/aromatic N) is 2. The molecule has 1 saturated heterocycles. The molecule has 1 N–H and O–H groups in total. The number of anilines is 1. The number of halogens is 1. The van der Waals surface area contributed by atoms with E-state index < -0.39 is 0 Å². The number of likely N-dealkylation sites (N-methyl/N-ethyl adjacent to an activating group) is 1. The van der Waals surface area contributed by atoms with Crippen molar-refractivity contribution in [1.82, 2.24) is 10.2 Å². The summed E-state index contributed by atoms with van der Waals surface area (Å²) in [4.78, 5) is 5.01. The van der Waals surface area contributed by atoms with E-state index in [2.05, 4.69) is 84.0 Å². The van der Waals surface area contributed by atoms with Gasteiger partial charge in [-0.25, -0.2) is 0 Å². The zero-order valence-corrected chi connectivity index (χ0v) is 15.4. The van der Waals surface area contributed by atoms with Crippen molar-refractivity contribution >= 4 is 21.6 Å².